The molecule has 2 aromatic heterocycles. The highest BCUT2D eigenvalue weighted by atomic mass is 32.1. The van der Waals surface area contributed by atoms with Crippen molar-refractivity contribution < 1.29 is 68.9 Å². The molecule has 0 bridgehead atoms. The van der Waals surface area contributed by atoms with Gasteiger partial charge >= 0.3 is 41.8 Å². The molecule has 25 nitrogen and oxygen atoms in total. The van der Waals surface area contributed by atoms with E-state index >= 15 is 0 Å². The van der Waals surface area contributed by atoms with E-state index in [4.69, 9.17) is 65.0 Å². The van der Waals surface area contributed by atoms with Crippen molar-refractivity contribution in [3.05, 3.63) is 36.4 Å². The van der Waals surface area contributed by atoms with Crippen LogP contribution in [0.2, 0.25) is 0 Å². The molecule has 0 aromatic carbocycles. The number of carboxylic acids is 6. The Balaban J connectivity index is -0.000000631. The maximum atomic E-state index is 10.7. The maximum Gasteiger partial charge on any atom is 0.324 e. The highest BCUT2D eigenvalue weighted by Gasteiger charge is 2.20. The summed E-state index contributed by atoms with van der Waals surface area (Å²) in [6, 6.07) is -5.42. The molecule has 1 fully saturated rings. The van der Waals surface area contributed by atoms with Gasteiger partial charge in [-0.3, -0.25) is 33.6 Å². The van der Waals surface area contributed by atoms with Crippen LogP contribution in [0.5, 0.6) is 0 Å². The molecule has 1 aliphatic heterocycles. The number of H-pyrrole nitrogens is 2. The summed E-state index contributed by atoms with van der Waals surface area (Å²) in [6.07, 6.45) is 9.01. The smallest absolute Gasteiger partial charge is 0.324 e. The van der Waals surface area contributed by atoms with E-state index in [1.807, 2.05) is 13.8 Å². The molecule has 26 heteroatoms. The first kappa shape index (κ1) is 57.1. The van der Waals surface area contributed by atoms with Gasteiger partial charge in [0, 0.05) is 42.4 Å². The predicted octanol–water partition coefficient (Wildman–Crippen LogP) is -3.39. The lowest BCUT2D eigenvalue weighted by Gasteiger charge is -2.09. The highest BCUT2D eigenvalue weighted by Crippen LogP contribution is 2.04. The van der Waals surface area contributed by atoms with Crippen molar-refractivity contribution in [2.45, 2.75) is 95.2 Å². The molecule has 7 atom stereocenters. The van der Waals surface area contributed by atoms with Crippen LogP contribution in [0.25, 0.3) is 0 Å². The Hall–Kier alpha value is -5.22. The fourth-order valence-corrected chi connectivity index (χ4v) is 3.55. The molecule has 3 rings (SSSR count). The fourth-order valence-electron chi connectivity index (χ4n) is 3.40. The second-order valence-electron chi connectivity index (χ2n) is 12.5. The fraction of sp³-hybridized carbons (Fsp3) is 0.594. The summed E-state index contributed by atoms with van der Waals surface area (Å²) in [5.74, 6) is -5.97. The molecule has 3 heterocycles. The van der Waals surface area contributed by atoms with Crippen LogP contribution in [-0.2, 0) is 51.1 Å². The molecule has 1 aliphatic rings. The molecule has 2 aromatic rings. The van der Waals surface area contributed by atoms with E-state index in [1.165, 1.54) is 19.6 Å². The molecule has 58 heavy (non-hydrogen) atoms. The van der Waals surface area contributed by atoms with Crippen molar-refractivity contribution in [3.63, 3.8) is 0 Å². The number of nitrogens with one attached hydrogen (secondary N) is 3. The third-order valence-electron chi connectivity index (χ3n) is 6.63. The Morgan fingerprint density at radius 3 is 1.33 bits per heavy atom. The van der Waals surface area contributed by atoms with Crippen molar-refractivity contribution in [3.8, 4) is 0 Å². The second-order valence-corrected chi connectivity index (χ2v) is 12.9. The third-order valence-corrected chi connectivity index (χ3v) is 7.03. The standard InChI is InChI=1S/2C6H9N3O2.C6H12N2O4.C6H13NO2.C5H9NO2.C3H7NO2S/c2*7-5(6(10)11)1-4-2-8-3-9-4;1-3(7)6(11)12-2-4(8)5(9)10;1-4(2)3-5(7)6(8)9;7-5(8)4-2-1-3-6-4;4-2(1-7)3(5)6/h2*2-3,5H,1,7H2,(H,8,9)(H,10,11);3-4H,2,7-8H2,1H3,(H,9,10);4-5H,3,7H2,1-2H3,(H,8,9);4,6H,1-3H2,(H,7,8);2,7H,1,4H2,(H,5,6)/t2*5-;3-,4-;5-;4-;2-/m000000/s1. The lowest BCUT2D eigenvalue weighted by atomic mass is 10.1. The molecule has 0 radical (unpaired) electrons. The van der Waals surface area contributed by atoms with Gasteiger partial charge in [-0.25, -0.2) is 9.97 Å². The van der Waals surface area contributed by atoms with Crippen molar-refractivity contribution in [1.29, 1.82) is 0 Å². The summed E-state index contributed by atoms with van der Waals surface area (Å²) >= 11 is 3.65. The molecular formula is C32H59N11O14S. The summed E-state index contributed by atoms with van der Waals surface area (Å²) < 4.78 is 4.46. The molecular weight excluding hydrogens is 794 g/mol. The van der Waals surface area contributed by atoms with Gasteiger partial charge in [0.1, 0.15) is 48.9 Å². The Morgan fingerprint density at radius 1 is 0.707 bits per heavy atom. The quantitative estimate of drug-likeness (QED) is 0.0578. The largest absolute Gasteiger partial charge is 0.480 e. The van der Waals surface area contributed by atoms with E-state index in [0.717, 1.165) is 30.8 Å². The monoisotopic (exact) mass is 853 g/mol. The number of rotatable bonds is 16. The SMILES string of the molecule is CC(C)C[C@H](N)C(=O)O.C[C@H](N)C(=O)OC[C@H](N)C(=O)O.N[C@@H](CS)C(=O)O.N[C@@H](Cc1cnc[nH]1)C(=O)O.N[C@@H](Cc1cnc[nH]1)C(=O)O.O=C(O)[C@@H]1CCCN1. The van der Waals surface area contributed by atoms with Crippen LogP contribution in [0.1, 0.15) is 51.4 Å². The van der Waals surface area contributed by atoms with E-state index in [1.54, 1.807) is 12.4 Å². The van der Waals surface area contributed by atoms with Gasteiger partial charge in [-0.1, -0.05) is 13.8 Å². The van der Waals surface area contributed by atoms with E-state index in [2.05, 4.69) is 42.6 Å². The van der Waals surface area contributed by atoms with Crippen molar-refractivity contribution in [2.75, 3.05) is 18.9 Å². The Labute approximate surface area is 339 Å². The summed E-state index contributed by atoms with van der Waals surface area (Å²) in [5, 5.41) is 52.7. The summed E-state index contributed by atoms with van der Waals surface area (Å²) in [7, 11) is 0. The van der Waals surface area contributed by atoms with E-state index in [0.29, 0.717) is 12.3 Å². The molecule has 0 spiro atoms. The lowest BCUT2D eigenvalue weighted by molar-refractivity contribution is -0.149. The van der Waals surface area contributed by atoms with Crippen molar-refractivity contribution in [1.82, 2.24) is 25.3 Å². The van der Waals surface area contributed by atoms with Crippen LogP contribution in [0.4, 0.5) is 0 Å². The number of hydrogen-bond acceptors (Lipinski definition) is 18. The first-order chi connectivity index (χ1) is 26.9. The number of nitrogens with zero attached hydrogens (tertiary/aromatic N) is 2. The number of carbonyl (C=O) groups excluding carboxylic acids is 1. The predicted molar refractivity (Wildman–Crippen MR) is 209 cm³/mol. The van der Waals surface area contributed by atoms with Crippen LogP contribution in [0.15, 0.2) is 25.0 Å². The third kappa shape index (κ3) is 31.9. The molecule has 1 saturated heterocycles. The number of hydrogen-bond donors (Lipinski definition) is 16. The van der Waals surface area contributed by atoms with Gasteiger partial charge in [-0.05, 0) is 38.6 Å². The van der Waals surface area contributed by atoms with Gasteiger partial charge < -0.3 is 85.1 Å². The number of aliphatic carboxylic acids is 6. The van der Waals surface area contributed by atoms with E-state index in [9.17, 15) is 33.6 Å². The number of nitrogens with two attached hydrogens (primary N) is 6. The first-order valence-electron chi connectivity index (χ1n) is 17.2. The second kappa shape index (κ2) is 32.8. The lowest BCUT2D eigenvalue weighted by Crippen LogP contribution is -2.38. The van der Waals surface area contributed by atoms with Crippen molar-refractivity contribution in [2.24, 2.45) is 40.3 Å². The number of imidazole rings is 2. The summed E-state index contributed by atoms with van der Waals surface area (Å²) in [5.41, 5.74) is 32.3. The van der Waals surface area contributed by atoms with Gasteiger partial charge in [0.05, 0.1) is 12.7 Å². The number of carboxylic acid groups (broad SMARTS) is 6. The molecule has 332 valence electrons. The molecule has 0 saturated carbocycles. The maximum absolute atomic E-state index is 10.7. The first-order valence-corrected chi connectivity index (χ1v) is 17.9. The topological polar surface area (TPSA) is 476 Å². The van der Waals surface area contributed by atoms with Gasteiger partial charge in [0.2, 0.25) is 0 Å². The Kier molecular flexibility index (Phi) is 32.3. The molecule has 0 amide bonds. The number of carbonyl (C=O) groups is 7. The highest BCUT2D eigenvalue weighted by molar-refractivity contribution is 7.80. The minimum atomic E-state index is -1.22. The molecule has 0 unspecified atom stereocenters. The molecule has 0 aliphatic carbocycles. The van der Waals surface area contributed by atoms with Gasteiger partial charge in [0.15, 0.2) is 0 Å². The zero-order valence-electron chi connectivity index (χ0n) is 32.3. The zero-order chi connectivity index (χ0) is 45.5. The van der Waals surface area contributed by atoms with Gasteiger partial charge in [0.25, 0.3) is 0 Å². The number of aromatic amines is 2. The van der Waals surface area contributed by atoms with Crippen LogP contribution >= 0.6 is 12.6 Å². The average Bonchev–Trinajstić information content (AvgIpc) is 3.96. The number of esters is 1. The molecule has 21 N–H and O–H groups in total. The minimum Gasteiger partial charge on any atom is -0.480 e. The van der Waals surface area contributed by atoms with Crippen LogP contribution in [-0.4, -0.2) is 154 Å². The van der Waals surface area contributed by atoms with E-state index in [-0.39, 0.29) is 31.2 Å². The minimum absolute atomic E-state index is 0.190. The normalized spacial score (nSPS) is 15.6. The zero-order valence-corrected chi connectivity index (χ0v) is 33.2. The Morgan fingerprint density at radius 2 is 1.12 bits per heavy atom. The van der Waals surface area contributed by atoms with Crippen molar-refractivity contribution >= 4 is 54.4 Å². The van der Waals surface area contributed by atoms with Crippen LogP contribution in [0, 0.1) is 5.92 Å². The summed E-state index contributed by atoms with van der Waals surface area (Å²) in [4.78, 5) is 84.3. The number of aromatic nitrogens is 4. The Bertz CT molecular complexity index is 1410. The number of ether oxygens (including phenoxy) is 1. The number of thiol groups is 1. The van der Waals surface area contributed by atoms with E-state index < -0.39 is 78.0 Å². The van der Waals surface area contributed by atoms with Crippen LogP contribution in [0.3, 0.4) is 0 Å². The van der Waals surface area contributed by atoms with Gasteiger partial charge in [-0.2, -0.15) is 12.6 Å². The van der Waals surface area contributed by atoms with Crippen LogP contribution < -0.4 is 39.7 Å². The average molecular weight is 854 g/mol. The van der Waals surface area contributed by atoms with Gasteiger partial charge in [-0.15, -0.1) is 0 Å². The summed E-state index contributed by atoms with van der Waals surface area (Å²) in [6.45, 7) is 5.84.